The monoisotopic (exact) mass is 462 g/mol. The van der Waals surface area contributed by atoms with E-state index in [4.69, 9.17) is 11.6 Å². The van der Waals surface area contributed by atoms with Gasteiger partial charge in [0, 0.05) is 5.69 Å². The number of methoxy groups -OCH3 is 1. The number of hydrogen-bond acceptors (Lipinski definition) is 8. The first kappa shape index (κ1) is 21.8. The van der Waals surface area contributed by atoms with Crippen molar-refractivity contribution in [2.75, 3.05) is 23.5 Å². The number of hydrogen-bond donors (Lipinski definition) is 2. The van der Waals surface area contributed by atoms with Crippen LogP contribution in [0.1, 0.15) is 20.7 Å². The van der Waals surface area contributed by atoms with Gasteiger partial charge in [-0.3, -0.25) is 14.9 Å². The minimum atomic E-state index is -0.447. The Hall–Kier alpha value is -2.95. The molecule has 0 radical (unpaired) electrons. The normalized spacial score (nSPS) is 10.3. The van der Waals surface area contributed by atoms with Gasteiger partial charge in [-0.2, -0.15) is 0 Å². The molecule has 2 N–H and O–H groups in total. The fraction of sp³-hybridized carbons (Fsp3) is 0.105. The van der Waals surface area contributed by atoms with Gasteiger partial charge in [-0.05, 0) is 36.4 Å². The number of carbonyl (C=O) groups excluding carboxylic acids is 3. The van der Waals surface area contributed by atoms with Gasteiger partial charge in [0.1, 0.15) is 0 Å². The molecule has 154 valence electrons. The molecule has 3 aromatic rings. The Morgan fingerprint density at radius 2 is 1.80 bits per heavy atom. The Balaban J connectivity index is 1.50. The molecule has 0 atom stereocenters. The van der Waals surface area contributed by atoms with Crippen LogP contribution in [-0.4, -0.2) is 40.8 Å². The number of anilines is 2. The molecule has 11 heteroatoms. The summed E-state index contributed by atoms with van der Waals surface area (Å²) in [4.78, 5) is 35.8. The average molecular weight is 463 g/mol. The lowest BCUT2D eigenvalue weighted by molar-refractivity contribution is -0.113. The highest BCUT2D eigenvalue weighted by atomic mass is 35.5. The highest BCUT2D eigenvalue weighted by molar-refractivity contribution is 8.01. The Kier molecular flexibility index (Phi) is 7.39. The number of ether oxygens (including phenoxy) is 1. The van der Waals surface area contributed by atoms with Crippen LogP contribution in [0.25, 0.3) is 0 Å². The number of nitrogens with zero attached hydrogens (tertiary/aromatic N) is 2. The first-order valence-corrected chi connectivity index (χ1v) is 10.6. The molecule has 3 rings (SSSR count). The zero-order chi connectivity index (χ0) is 21.5. The molecule has 0 spiro atoms. The van der Waals surface area contributed by atoms with Crippen molar-refractivity contribution in [2.24, 2.45) is 0 Å². The molecule has 2 amide bonds. The van der Waals surface area contributed by atoms with E-state index in [1.54, 1.807) is 48.5 Å². The highest BCUT2D eigenvalue weighted by Gasteiger charge is 2.14. The maximum absolute atomic E-state index is 12.2. The molecule has 0 aliphatic rings. The molecule has 0 bridgehead atoms. The topological polar surface area (TPSA) is 110 Å². The maximum atomic E-state index is 12.2. The standard InChI is InChI=1S/C19H15ClN4O4S2/c1-28-17(27)11-6-8-12(9-7-11)21-15(25)10-29-19-24-23-18(30-19)22-16(26)13-4-2-3-5-14(13)20/h2-9H,10H2,1H3,(H,21,25)(H,22,23,26). The van der Waals surface area contributed by atoms with Gasteiger partial charge < -0.3 is 10.1 Å². The van der Waals surface area contributed by atoms with Gasteiger partial charge in [0.2, 0.25) is 11.0 Å². The molecule has 0 saturated carbocycles. The molecule has 0 unspecified atom stereocenters. The molecule has 1 aromatic heterocycles. The van der Waals surface area contributed by atoms with Gasteiger partial charge in [-0.15, -0.1) is 10.2 Å². The molecule has 1 heterocycles. The number of aromatic nitrogens is 2. The first-order valence-electron chi connectivity index (χ1n) is 8.46. The number of benzene rings is 2. The number of nitrogens with one attached hydrogen (secondary N) is 2. The van der Waals surface area contributed by atoms with Crippen LogP contribution < -0.4 is 10.6 Å². The average Bonchev–Trinajstić information content (AvgIpc) is 3.19. The van der Waals surface area contributed by atoms with Gasteiger partial charge in [0.05, 0.1) is 29.0 Å². The van der Waals surface area contributed by atoms with Crippen molar-refractivity contribution in [1.82, 2.24) is 10.2 Å². The molecule has 0 saturated heterocycles. The van der Waals surface area contributed by atoms with Crippen LogP contribution in [0, 0.1) is 0 Å². The molecule has 0 aliphatic carbocycles. The largest absolute Gasteiger partial charge is 0.465 e. The Labute approximate surface area is 185 Å². The van der Waals surface area contributed by atoms with Crippen molar-refractivity contribution in [3.05, 3.63) is 64.7 Å². The highest BCUT2D eigenvalue weighted by Crippen LogP contribution is 2.26. The lowest BCUT2D eigenvalue weighted by atomic mass is 10.2. The van der Waals surface area contributed by atoms with Crippen molar-refractivity contribution in [2.45, 2.75) is 4.34 Å². The van der Waals surface area contributed by atoms with Crippen LogP contribution in [0.3, 0.4) is 0 Å². The minimum absolute atomic E-state index is 0.103. The van der Waals surface area contributed by atoms with E-state index < -0.39 is 5.97 Å². The van der Waals surface area contributed by atoms with Gasteiger partial charge >= 0.3 is 5.97 Å². The van der Waals surface area contributed by atoms with Crippen molar-refractivity contribution in [1.29, 1.82) is 0 Å². The first-order chi connectivity index (χ1) is 14.5. The van der Waals surface area contributed by atoms with E-state index in [9.17, 15) is 14.4 Å². The summed E-state index contributed by atoms with van der Waals surface area (Å²) in [6, 6.07) is 13.0. The predicted octanol–water partition coefficient (Wildman–Crippen LogP) is 3.96. The van der Waals surface area contributed by atoms with E-state index in [-0.39, 0.29) is 17.6 Å². The molecule has 30 heavy (non-hydrogen) atoms. The summed E-state index contributed by atoms with van der Waals surface area (Å²) < 4.78 is 5.16. The number of amides is 2. The second-order valence-electron chi connectivity index (χ2n) is 5.71. The van der Waals surface area contributed by atoms with Crippen LogP contribution in [0.15, 0.2) is 52.9 Å². The molecule has 0 aliphatic heterocycles. The fourth-order valence-electron chi connectivity index (χ4n) is 2.26. The third-order valence-corrected chi connectivity index (χ3v) is 5.96. The molecule has 2 aromatic carbocycles. The molecular weight excluding hydrogens is 448 g/mol. The SMILES string of the molecule is COC(=O)c1ccc(NC(=O)CSc2nnc(NC(=O)c3ccccc3Cl)s2)cc1. The Morgan fingerprint density at radius 3 is 2.50 bits per heavy atom. The summed E-state index contributed by atoms with van der Waals surface area (Å²) in [5.41, 5.74) is 1.28. The van der Waals surface area contributed by atoms with E-state index in [0.29, 0.717) is 31.3 Å². The summed E-state index contributed by atoms with van der Waals surface area (Å²) in [5, 5.41) is 13.9. The lowest BCUT2D eigenvalue weighted by Crippen LogP contribution is -2.14. The number of thioether (sulfide) groups is 1. The third-order valence-electron chi connectivity index (χ3n) is 3.66. The lowest BCUT2D eigenvalue weighted by Gasteiger charge is -2.05. The van der Waals surface area contributed by atoms with Crippen LogP contribution in [0.2, 0.25) is 5.02 Å². The number of rotatable bonds is 7. The van der Waals surface area contributed by atoms with E-state index in [1.807, 2.05) is 0 Å². The quantitative estimate of drug-likeness (QED) is 0.310. The zero-order valence-electron chi connectivity index (χ0n) is 15.5. The van der Waals surface area contributed by atoms with Crippen LogP contribution in [0.4, 0.5) is 10.8 Å². The number of esters is 1. The fourth-order valence-corrected chi connectivity index (χ4v) is 4.03. The summed E-state index contributed by atoms with van der Waals surface area (Å²) in [6.45, 7) is 0. The van der Waals surface area contributed by atoms with Crippen LogP contribution >= 0.6 is 34.7 Å². The summed E-state index contributed by atoms with van der Waals surface area (Å²) in [6.07, 6.45) is 0. The number of carbonyl (C=O) groups is 3. The maximum Gasteiger partial charge on any atom is 0.337 e. The van der Waals surface area contributed by atoms with Gasteiger partial charge in [0.25, 0.3) is 5.91 Å². The van der Waals surface area contributed by atoms with Gasteiger partial charge in [-0.25, -0.2) is 4.79 Å². The van der Waals surface area contributed by atoms with Crippen LogP contribution in [0.5, 0.6) is 0 Å². The minimum Gasteiger partial charge on any atom is -0.465 e. The summed E-state index contributed by atoms with van der Waals surface area (Å²) in [5.74, 6) is -0.979. The summed E-state index contributed by atoms with van der Waals surface area (Å²) >= 11 is 8.35. The Bertz CT molecular complexity index is 1070. The van der Waals surface area contributed by atoms with Gasteiger partial charge in [0.15, 0.2) is 4.34 Å². The zero-order valence-corrected chi connectivity index (χ0v) is 17.9. The van der Waals surface area contributed by atoms with E-state index in [2.05, 4.69) is 25.6 Å². The van der Waals surface area contributed by atoms with E-state index in [0.717, 1.165) is 11.3 Å². The van der Waals surface area contributed by atoms with Crippen molar-refractivity contribution in [3.63, 3.8) is 0 Å². The van der Waals surface area contributed by atoms with Gasteiger partial charge in [-0.1, -0.05) is 46.8 Å². The van der Waals surface area contributed by atoms with Crippen molar-refractivity contribution in [3.8, 4) is 0 Å². The third kappa shape index (κ3) is 5.78. The van der Waals surface area contributed by atoms with Crippen molar-refractivity contribution < 1.29 is 19.1 Å². The second-order valence-corrected chi connectivity index (χ2v) is 8.32. The molecule has 0 fully saturated rings. The number of halogens is 1. The summed E-state index contributed by atoms with van der Waals surface area (Å²) in [7, 11) is 1.30. The smallest absolute Gasteiger partial charge is 0.337 e. The molecule has 8 nitrogen and oxygen atoms in total. The molecular formula is C19H15ClN4O4S2. The van der Waals surface area contributed by atoms with Crippen molar-refractivity contribution >= 4 is 63.3 Å². The predicted molar refractivity (Wildman–Crippen MR) is 116 cm³/mol. The second kappa shape index (κ2) is 10.2. The van der Waals surface area contributed by atoms with Crippen LogP contribution in [-0.2, 0) is 9.53 Å². The Morgan fingerprint density at radius 1 is 1.07 bits per heavy atom. The van der Waals surface area contributed by atoms with E-state index >= 15 is 0 Å². The van der Waals surface area contributed by atoms with E-state index in [1.165, 1.54) is 18.9 Å².